The summed E-state index contributed by atoms with van der Waals surface area (Å²) in [6.45, 7) is 11.7. The van der Waals surface area contributed by atoms with E-state index in [1.807, 2.05) is 27.8 Å². The number of nitrogens with zero attached hydrogens (tertiary/aromatic N) is 2. The molecule has 0 amide bonds. The summed E-state index contributed by atoms with van der Waals surface area (Å²) in [5, 5.41) is 9.35. The molecule has 0 aromatic rings. The first-order chi connectivity index (χ1) is 7.39. The minimum absolute atomic E-state index is 0.0396. The van der Waals surface area contributed by atoms with Crippen molar-refractivity contribution in [3.63, 3.8) is 0 Å². The van der Waals surface area contributed by atoms with Crippen LogP contribution in [0.4, 0.5) is 0 Å². The third-order valence-electron chi connectivity index (χ3n) is 3.56. The molecule has 0 aromatic carbocycles. The van der Waals surface area contributed by atoms with Gasteiger partial charge in [-0.1, -0.05) is 6.58 Å². The van der Waals surface area contributed by atoms with Crippen molar-refractivity contribution in [2.75, 3.05) is 33.8 Å². The molecule has 94 valence electrons. The Labute approximate surface area is 97.6 Å². The molecule has 1 heterocycles. The summed E-state index contributed by atoms with van der Waals surface area (Å²) < 4.78 is 0.427. The molecule has 0 saturated carbocycles. The van der Waals surface area contributed by atoms with E-state index >= 15 is 0 Å². The third-order valence-corrected chi connectivity index (χ3v) is 3.56. The van der Waals surface area contributed by atoms with Crippen LogP contribution in [0.25, 0.3) is 0 Å². The molecule has 0 radical (unpaired) electrons. The van der Waals surface area contributed by atoms with Crippen LogP contribution in [0.5, 0.6) is 0 Å². The van der Waals surface area contributed by atoms with Gasteiger partial charge >= 0.3 is 0 Å². The maximum Gasteiger partial charge on any atom is 0.243 e. The van der Waals surface area contributed by atoms with Crippen LogP contribution in [0.3, 0.4) is 0 Å². The van der Waals surface area contributed by atoms with Crippen molar-refractivity contribution in [2.45, 2.75) is 26.8 Å². The summed E-state index contributed by atoms with van der Waals surface area (Å²) in [7, 11) is 1.88. The molecule has 0 spiro atoms. The maximum atomic E-state index is 9.35. The van der Waals surface area contributed by atoms with Crippen LogP contribution < -0.4 is 0 Å². The zero-order chi connectivity index (χ0) is 12.4. The van der Waals surface area contributed by atoms with Gasteiger partial charge in [-0.25, -0.2) is 4.48 Å². The van der Waals surface area contributed by atoms with Crippen molar-refractivity contribution >= 4 is 0 Å². The van der Waals surface area contributed by atoms with Crippen molar-refractivity contribution < 1.29 is 24.1 Å². The second kappa shape index (κ2) is 4.81. The zero-order valence-electron chi connectivity index (χ0n) is 10.8. The number of hydrogen-bond acceptors (Lipinski definition) is 3. The van der Waals surface area contributed by atoms with E-state index in [9.17, 15) is 5.11 Å². The highest BCUT2D eigenvalue weighted by Gasteiger charge is 2.46. The van der Waals surface area contributed by atoms with Crippen LogP contribution in [0.15, 0.2) is 12.2 Å². The third kappa shape index (κ3) is 2.44. The summed E-state index contributed by atoms with van der Waals surface area (Å²) in [6.07, 6.45) is 0. The van der Waals surface area contributed by atoms with Crippen LogP contribution in [-0.4, -0.2) is 54.2 Å². The van der Waals surface area contributed by atoms with Crippen LogP contribution in [0.2, 0.25) is 0 Å². The Bertz CT molecular complexity index is 254. The molecule has 1 atom stereocenters. The molecule has 1 N–H and O–H groups in total. The second-order valence-corrected chi connectivity index (χ2v) is 4.75. The number of quaternary nitrogens is 2. The van der Waals surface area contributed by atoms with Crippen LogP contribution in [0, 0.1) is 0 Å². The smallest absolute Gasteiger partial charge is 0.243 e. The molecule has 1 rings (SSSR count). The van der Waals surface area contributed by atoms with E-state index in [0.29, 0.717) is 17.9 Å². The van der Waals surface area contributed by atoms with Crippen molar-refractivity contribution in [3.05, 3.63) is 12.2 Å². The summed E-state index contributed by atoms with van der Waals surface area (Å²) >= 11 is 0. The highest BCUT2D eigenvalue weighted by atomic mass is 17.0. The van der Waals surface area contributed by atoms with Crippen molar-refractivity contribution in [3.8, 4) is 0 Å². The molecule has 5 heteroatoms. The van der Waals surface area contributed by atoms with Gasteiger partial charge in [-0.05, 0) is 31.2 Å². The topological polar surface area (TPSA) is 38.7 Å². The van der Waals surface area contributed by atoms with Gasteiger partial charge in [0.05, 0.1) is 6.54 Å². The molecular weight excluding hydrogens is 208 g/mol. The van der Waals surface area contributed by atoms with E-state index in [-0.39, 0.29) is 17.6 Å². The second-order valence-electron chi connectivity index (χ2n) is 4.75. The van der Waals surface area contributed by atoms with Gasteiger partial charge in [0.2, 0.25) is 13.5 Å². The molecule has 0 aliphatic carbocycles. The summed E-state index contributed by atoms with van der Waals surface area (Å²) in [6, 6.07) is 0.0812. The number of aliphatic hydroxyl groups is 1. The normalized spacial score (nSPS) is 37.1. The molecule has 1 unspecified atom stereocenters. The molecule has 0 aromatic heterocycles. The van der Waals surface area contributed by atoms with E-state index in [2.05, 4.69) is 6.58 Å². The van der Waals surface area contributed by atoms with Crippen LogP contribution >= 0.6 is 0 Å². The number of rotatable bonds is 4. The molecule has 0 bridgehead atoms. The Morgan fingerprint density at radius 3 is 2.25 bits per heavy atom. The standard InChI is InChI=1S/C11H24N2O3/c1-6-13(7-14)8-15-12(5,16-9-13)11(4)10(2)3/h11,14H,2,6-9H2,1,3-5H3/q+2. The maximum absolute atomic E-state index is 9.35. The predicted molar refractivity (Wildman–Crippen MR) is 60.3 cm³/mol. The minimum Gasteiger partial charge on any atom is -0.347 e. The lowest BCUT2D eigenvalue weighted by Crippen LogP contribution is -2.65. The molecule has 1 aliphatic rings. The lowest BCUT2D eigenvalue weighted by molar-refractivity contribution is -1.31. The Morgan fingerprint density at radius 1 is 1.44 bits per heavy atom. The van der Waals surface area contributed by atoms with E-state index < -0.39 is 0 Å². The SMILES string of the molecule is C=C(C)C(C)[N+]1(C)OC[N+](CC)(CO)CO1. The molecule has 1 saturated heterocycles. The lowest BCUT2D eigenvalue weighted by atomic mass is 10.2. The fourth-order valence-electron chi connectivity index (χ4n) is 1.54. The van der Waals surface area contributed by atoms with Gasteiger partial charge in [0.25, 0.3) is 0 Å². The number of likely N-dealkylation sites (N-methyl/N-ethyl adjacent to an activating group) is 1. The quantitative estimate of drug-likeness (QED) is 0.580. The Morgan fingerprint density at radius 2 is 1.94 bits per heavy atom. The van der Waals surface area contributed by atoms with Gasteiger partial charge in [-0.3, -0.25) is 0 Å². The first kappa shape index (κ1) is 13.6. The van der Waals surface area contributed by atoms with Gasteiger partial charge < -0.3 is 5.11 Å². The van der Waals surface area contributed by atoms with E-state index in [1.165, 1.54) is 0 Å². The van der Waals surface area contributed by atoms with Crippen LogP contribution in [0.1, 0.15) is 20.8 Å². The summed E-state index contributed by atoms with van der Waals surface area (Å²) in [5.74, 6) is 0. The average molecular weight is 232 g/mol. The monoisotopic (exact) mass is 232 g/mol. The summed E-state index contributed by atoms with van der Waals surface area (Å²) in [4.78, 5) is 11.6. The zero-order valence-corrected chi connectivity index (χ0v) is 10.8. The van der Waals surface area contributed by atoms with Gasteiger partial charge in [0.1, 0.15) is 7.05 Å². The average Bonchev–Trinajstić information content (AvgIpc) is 2.30. The van der Waals surface area contributed by atoms with Gasteiger partial charge in [-0.2, -0.15) is 0 Å². The molecule has 5 nitrogen and oxygen atoms in total. The number of aliphatic hydroxyl groups excluding tert-OH is 1. The first-order valence-electron chi connectivity index (χ1n) is 5.66. The fourth-order valence-corrected chi connectivity index (χ4v) is 1.54. The van der Waals surface area contributed by atoms with Gasteiger partial charge in [-0.15, -0.1) is 9.68 Å². The largest absolute Gasteiger partial charge is 0.347 e. The molecule has 1 aliphatic heterocycles. The Kier molecular flexibility index (Phi) is 4.09. The fraction of sp³-hybridized carbons (Fsp3) is 0.818. The molecule has 16 heavy (non-hydrogen) atoms. The van der Waals surface area contributed by atoms with Crippen molar-refractivity contribution in [1.82, 2.24) is 0 Å². The highest BCUT2D eigenvalue weighted by Crippen LogP contribution is 2.25. The molecule has 1 fully saturated rings. The lowest BCUT2D eigenvalue weighted by Gasteiger charge is -2.44. The van der Waals surface area contributed by atoms with E-state index in [1.54, 1.807) is 0 Å². The number of hydroxylamine groups is 4. The predicted octanol–water partition coefficient (Wildman–Crippen LogP) is 0.976. The van der Waals surface area contributed by atoms with Crippen molar-refractivity contribution in [2.24, 2.45) is 0 Å². The van der Waals surface area contributed by atoms with Crippen molar-refractivity contribution in [1.29, 1.82) is 0 Å². The van der Waals surface area contributed by atoms with Gasteiger partial charge in [0, 0.05) is 0 Å². The first-order valence-corrected chi connectivity index (χ1v) is 5.66. The Balaban J connectivity index is 2.69. The number of hydrogen-bond donors (Lipinski definition) is 1. The summed E-state index contributed by atoms with van der Waals surface area (Å²) in [5.41, 5.74) is 1.02. The minimum atomic E-state index is 0.0396. The molecular formula is C11H24N2O3+2. The van der Waals surface area contributed by atoms with Gasteiger partial charge in [0.15, 0.2) is 12.8 Å². The van der Waals surface area contributed by atoms with E-state index in [4.69, 9.17) is 9.68 Å². The highest BCUT2D eigenvalue weighted by molar-refractivity contribution is 4.94. The van der Waals surface area contributed by atoms with E-state index in [0.717, 1.165) is 12.1 Å². The Hall–Kier alpha value is -0.460. The van der Waals surface area contributed by atoms with Crippen LogP contribution in [-0.2, 0) is 9.68 Å².